The monoisotopic (exact) mass is 707 g/mol. The molecular formula is C37H41NO9S2. The summed E-state index contributed by atoms with van der Waals surface area (Å²) < 4.78 is 41.3. The first-order valence-corrected chi connectivity index (χ1v) is 18.3. The van der Waals surface area contributed by atoms with Crippen LogP contribution >= 0.6 is 11.8 Å². The Kier molecular flexibility index (Phi) is 12.5. The molecule has 2 N–H and O–H groups in total. The molecule has 260 valence electrons. The first-order valence-electron chi connectivity index (χ1n) is 16.1. The second-order valence-corrected chi connectivity index (χ2v) is 15.9. The summed E-state index contributed by atoms with van der Waals surface area (Å²) in [5.74, 6) is -2.02. The Labute approximate surface area is 293 Å². The van der Waals surface area contributed by atoms with Crippen molar-refractivity contribution in [3.05, 3.63) is 120 Å². The molecular weight excluding hydrogens is 667 g/mol. The number of aliphatic hydroxyl groups is 1. The van der Waals surface area contributed by atoms with E-state index in [4.69, 9.17) is 18.9 Å². The molecule has 0 aliphatic carbocycles. The van der Waals surface area contributed by atoms with Crippen molar-refractivity contribution >= 4 is 40.7 Å². The molecule has 3 aromatic rings. The van der Waals surface area contributed by atoms with Gasteiger partial charge in [0.15, 0.2) is 18.3 Å². The molecule has 0 saturated carbocycles. The number of ether oxygens (including phenoxy) is 4. The highest BCUT2D eigenvalue weighted by atomic mass is 32.2. The van der Waals surface area contributed by atoms with Gasteiger partial charge >= 0.3 is 17.9 Å². The van der Waals surface area contributed by atoms with E-state index in [9.17, 15) is 23.7 Å². The van der Waals surface area contributed by atoms with E-state index in [0.29, 0.717) is 5.75 Å². The Morgan fingerprint density at radius 1 is 0.796 bits per heavy atom. The molecule has 12 heteroatoms. The SMILES string of the molecule is CC(C)(C)[S@@](=O)N[C@@H]1C/C=C\C(CO)CS[C@H]2O[C@H]1[C@H](OC(=O)c1ccccc1)[C@H](OC(=O)c1ccccc1)[C@H]2OC(=O)c1ccccc1. The Hall–Kier alpha value is -3.81. The molecule has 2 aliphatic rings. The number of hydrogen-bond acceptors (Lipinski definition) is 10. The molecule has 1 saturated heterocycles. The summed E-state index contributed by atoms with van der Waals surface area (Å²) in [5, 5.41) is 10.1. The lowest BCUT2D eigenvalue weighted by Crippen LogP contribution is -2.65. The predicted octanol–water partition coefficient (Wildman–Crippen LogP) is 5.11. The summed E-state index contributed by atoms with van der Waals surface area (Å²) >= 11 is 1.28. The van der Waals surface area contributed by atoms with Crippen LogP contribution in [-0.2, 0) is 29.9 Å². The van der Waals surface area contributed by atoms with Gasteiger partial charge in [0.25, 0.3) is 0 Å². The minimum atomic E-state index is -1.59. The van der Waals surface area contributed by atoms with Gasteiger partial charge in [0, 0.05) is 11.7 Å². The van der Waals surface area contributed by atoms with Gasteiger partial charge in [-0.2, -0.15) is 0 Å². The van der Waals surface area contributed by atoms with Gasteiger partial charge in [-0.25, -0.2) is 23.3 Å². The molecule has 3 aromatic carbocycles. The maximum atomic E-state index is 13.7. The third-order valence-electron chi connectivity index (χ3n) is 8.01. The third-order valence-corrected chi connectivity index (χ3v) is 11.0. The van der Waals surface area contributed by atoms with Crippen LogP contribution in [-0.4, -0.2) is 80.2 Å². The molecule has 49 heavy (non-hydrogen) atoms. The number of benzene rings is 3. The van der Waals surface area contributed by atoms with Crippen LogP contribution < -0.4 is 4.72 Å². The van der Waals surface area contributed by atoms with Crippen molar-refractivity contribution in [3.8, 4) is 0 Å². The Bertz CT molecular complexity index is 1620. The number of carbonyl (C=O) groups excluding carboxylic acids is 3. The van der Waals surface area contributed by atoms with Gasteiger partial charge in [0.1, 0.15) is 11.5 Å². The van der Waals surface area contributed by atoms with E-state index in [2.05, 4.69) is 4.72 Å². The molecule has 2 bridgehead atoms. The first kappa shape index (κ1) is 36.5. The lowest BCUT2D eigenvalue weighted by Gasteiger charge is -2.47. The zero-order valence-corrected chi connectivity index (χ0v) is 29.1. The molecule has 8 atom stereocenters. The predicted molar refractivity (Wildman–Crippen MR) is 187 cm³/mol. The number of esters is 3. The molecule has 1 unspecified atom stereocenters. The van der Waals surface area contributed by atoms with E-state index < -0.39 is 69.5 Å². The van der Waals surface area contributed by atoms with E-state index in [0.717, 1.165) is 0 Å². The summed E-state index contributed by atoms with van der Waals surface area (Å²) in [6.07, 6.45) is -0.933. The van der Waals surface area contributed by atoms with Gasteiger partial charge in [-0.15, -0.1) is 11.8 Å². The Balaban J connectivity index is 1.63. The topological polar surface area (TPSA) is 137 Å². The zero-order valence-electron chi connectivity index (χ0n) is 27.5. The van der Waals surface area contributed by atoms with Crippen molar-refractivity contribution in [2.75, 3.05) is 12.4 Å². The lowest BCUT2D eigenvalue weighted by molar-refractivity contribution is -0.205. The highest BCUT2D eigenvalue weighted by molar-refractivity contribution is 7.99. The second kappa shape index (κ2) is 16.7. The van der Waals surface area contributed by atoms with Gasteiger partial charge < -0.3 is 24.1 Å². The minimum absolute atomic E-state index is 0.149. The van der Waals surface area contributed by atoms with Crippen molar-refractivity contribution in [2.45, 2.75) is 67.8 Å². The number of nitrogens with one attached hydrogen (secondary N) is 1. The minimum Gasteiger partial charge on any atom is -0.452 e. The van der Waals surface area contributed by atoms with Crippen LogP contribution in [0.2, 0.25) is 0 Å². The zero-order chi connectivity index (χ0) is 35.0. The van der Waals surface area contributed by atoms with E-state index in [1.54, 1.807) is 91.0 Å². The molecule has 0 spiro atoms. The molecule has 2 aliphatic heterocycles. The average molecular weight is 708 g/mol. The molecule has 1 fully saturated rings. The normalized spacial score (nSPS) is 26.8. The summed E-state index contributed by atoms with van der Waals surface area (Å²) in [6.45, 7) is 5.32. The van der Waals surface area contributed by atoms with Crippen LogP contribution in [0.5, 0.6) is 0 Å². The van der Waals surface area contributed by atoms with E-state index in [1.807, 2.05) is 32.9 Å². The molecule has 5 rings (SSSR count). The quantitative estimate of drug-likeness (QED) is 0.175. The highest BCUT2D eigenvalue weighted by Crippen LogP contribution is 2.38. The fraction of sp³-hybridized carbons (Fsp3) is 0.378. The molecule has 0 radical (unpaired) electrons. The average Bonchev–Trinajstić information content (AvgIpc) is 3.11. The maximum Gasteiger partial charge on any atom is 0.338 e. The van der Waals surface area contributed by atoms with Gasteiger partial charge in [0.2, 0.25) is 0 Å². The van der Waals surface area contributed by atoms with Crippen LogP contribution in [0.3, 0.4) is 0 Å². The Morgan fingerprint density at radius 3 is 1.73 bits per heavy atom. The number of rotatable bonds is 9. The highest BCUT2D eigenvalue weighted by Gasteiger charge is 2.55. The van der Waals surface area contributed by atoms with Crippen LogP contribution in [0.4, 0.5) is 0 Å². The second-order valence-electron chi connectivity index (χ2n) is 12.7. The fourth-order valence-corrected chi connectivity index (χ4v) is 7.47. The fourth-order valence-electron chi connectivity index (χ4n) is 5.35. The smallest absolute Gasteiger partial charge is 0.338 e. The van der Waals surface area contributed by atoms with Crippen LogP contribution in [0, 0.1) is 5.92 Å². The van der Waals surface area contributed by atoms with Crippen LogP contribution in [0.25, 0.3) is 0 Å². The van der Waals surface area contributed by atoms with Crippen LogP contribution in [0.15, 0.2) is 103 Å². The number of aliphatic hydroxyl groups excluding tert-OH is 1. The van der Waals surface area contributed by atoms with Crippen molar-refractivity contribution in [1.29, 1.82) is 0 Å². The van der Waals surface area contributed by atoms with Gasteiger partial charge in [-0.3, -0.25) is 0 Å². The van der Waals surface area contributed by atoms with Crippen molar-refractivity contribution in [2.24, 2.45) is 5.92 Å². The van der Waals surface area contributed by atoms with Gasteiger partial charge in [-0.1, -0.05) is 66.7 Å². The molecule has 0 amide bonds. The Morgan fingerprint density at radius 2 is 1.27 bits per heavy atom. The summed E-state index contributed by atoms with van der Waals surface area (Å²) in [5.41, 5.74) is -0.190. The maximum absolute atomic E-state index is 13.7. The van der Waals surface area contributed by atoms with E-state index >= 15 is 0 Å². The van der Waals surface area contributed by atoms with E-state index in [-0.39, 0.29) is 35.6 Å². The largest absolute Gasteiger partial charge is 0.452 e. The van der Waals surface area contributed by atoms with Crippen LogP contribution in [0.1, 0.15) is 58.3 Å². The van der Waals surface area contributed by atoms with Crippen molar-refractivity contribution < 1.29 is 42.6 Å². The third kappa shape index (κ3) is 9.46. The van der Waals surface area contributed by atoms with E-state index in [1.165, 1.54) is 11.8 Å². The number of fused-ring (bicyclic) bond motifs is 2. The summed E-state index contributed by atoms with van der Waals surface area (Å²) in [7, 11) is -1.59. The summed E-state index contributed by atoms with van der Waals surface area (Å²) in [6, 6.07) is 24.3. The van der Waals surface area contributed by atoms with Crippen molar-refractivity contribution in [3.63, 3.8) is 0 Å². The molecule has 0 aromatic heterocycles. The van der Waals surface area contributed by atoms with Gasteiger partial charge in [-0.05, 0) is 63.6 Å². The molecule has 2 heterocycles. The van der Waals surface area contributed by atoms with Crippen molar-refractivity contribution in [1.82, 2.24) is 4.72 Å². The molecule has 10 nitrogen and oxygen atoms in total. The lowest BCUT2D eigenvalue weighted by atomic mass is 9.92. The number of hydrogen-bond donors (Lipinski definition) is 2. The number of carbonyl (C=O) groups is 3. The standard InChI is InChI=1S/C37H41NO9S2/c1-37(2,3)49(43)38-28-21-13-14-24(22-39)23-48-36-32(46-35(42)27-19-11-6-12-20-27)31(45-34(41)26-17-9-5-10-18-26)30(29(28)47-36)44-33(40)25-15-7-4-8-16-25/h4-20,24,28-32,36,38-39H,21-23H2,1-3H3/b14-13-/t24?,28-,29-,30+,31+,32-,36-,49-/m1/s1. The van der Waals surface area contributed by atoms with Gasteiger partial charge in [0.05, 0.1) is 45.1 Å². The first-order chi connectivity index (χ1) is 23.5. The summed E-state index contributed by atoms with van der Waals surface area (Å²) in [4.78, 5) is 41.1. The number of thioether (sulfide) groups is 1.